The van der Waals surface area contributed by atoms with Crippen LogP contribution in [0.2, 0.25) is 0 Å². The van der Waals surface area contributed by atoms with Gasteiger partial charge in [-0.15, -0.1) is 0 Å². The predicted molar refractivity (Wildman–Crippen MR) is 111 cm³/mol. The summed E-state index contributed by atoms with van der Waals surface area (Å²) in [7, 11) is 2.07. The van der Waals surface area contributed by atoms with Crippen molar-refractivity contribution in [2.24, 2.45) is 5.92 Å². The van der Waals surface area contributed by atoms with Crippen molar-refractivity contribution in [1.29, 1.82) is 0 Å². The zero-order valence-corrected chi connectivity index (χ0v) is 17.9. The Balaban J connectivity index is 1.58. The number of amides is 2. The number of hydrogen-bond donors (Lipinski definition) is 1. The van der Waals surface area contributed by atoms with Crippen LogP contribution in [0.5, 0.6) is 0 Å². The predicted octanol–water partition coefficient (Wildman–Crippen LogP) is 2.78. The van der Waals surface area contributed by atoms with E-state index in [1.54, 1.807) is 17.0 Å². The maximum absolute atomic E-state index is 14.5. The van der Waals surface area contributed by atoms with Crippen LogP contribution < -0.4 is 5.32 Å². The molecule has 0 radical (unpaired) electrons. The fourth-order valence-electron chi connectivity index (χ4n) is 4.99. The van der Waals surface area contributed by atoms with Gasteiger partial charge in [-0.05, 0) is 76.7 Å². The summed E-state index contributed by atoms with van der Waals surface area (Å²) < 4.78 is 20.6. The number of rotatable bonds is 3. The second-order valence-electron chi connectivity index (χ2n) is 9.20. The van der Waals surface area contributed by atoms with E-state index in [0.29, 0.717) is 18.8 Å². The molecule has 1 aliphatic carbocycles. The van der Waals surface area contributed by atoms with Crippen LogP contribution in [0.1, 0.15) is 55.8 Å². The quantitative estimate of drug-likeness (QED) is 0.822. The van der Waals surface area contributed by atoms with Gasteiger partial charge in [-0.2, -0.15) is 0 Å². The minimum Gasteiger partial charge on any atom is -0.353 e. The molecule has 30 heavy (non-hydrogen) atoms. The monoisotopic (exact) mass is 417 g/mol. The number of ether oxygens (including phenoxy) is 1. The van der Waals surface area contributed by atoms with E-state index in [1.165, 1.54) is 12.1 Å². The van der Waals surface area contributed by atoms with Gasteiger partial charge in [0.25, 0.3) is 5.91 Å². The minimum atomic E-state index is -0.819. The van der Waals surface area contributed by atoms with E-state index < -0.39 is 23.5 Å². The largest absolute Gasteiger partial charge is 0.353 e. The second-order valence-corrected chi connectivity index (χ2v) is 9.20. The third-order valence-corrected chi connectivity index (χ3v) is 7.01. The van der Waals surface area contributed by atoms with Crippen LogP contribution in [0.15, 0.2) is 24.3 Å². The highest BCUT2D eigenvalue weighted by Crippen LogP contribution is 2.43. The average Bonchev–Trinajstić information content (AvgIpc) is 3.11. The summed E-state index contributed by atoms with van der Waals surface area (Å²) in [4.78, 5) is 30.5. The maximum atomic E-state index is 14.5. The summed E-state index contributed by atoms with van der Waals surface area (Å²) >= 11 is 0. The third-order valence-electron chi connectivity index (χ3n) is 7.01. The van der Waals surface area contributed by atoms with Crippen LogP contribution >= 0.6 is 0 Å². The summed E-state index contributed by atoms with van der Waals surface area (Å²) in [6.45, 7) is 4.22. The molecule has 2 heterocycles. The number of piperidine rings is 1. The molecule has 0 aromatic heterocycles. The molecule has 1 spiro atoms. The molecule has 2 amide bonds. The Hall–Kier alpha value is -1.99. The summed E-state index contributed by atoms with van der Waals surface area (Å²) in [5, 5.41) is 3.13. The van der Waals surface area contributed by atoms with Crippen LogP contribution in [0, 0.1) is 11.7 Å². The van der Waals surface area contributed by atoms with Crippen LogP contribution in [0.25, 0.3) is 0 Å². The van der Waals surface area contributed by atoms with E-state index in [2.05, 4.69) is 24.2 Å². The molecule has 1 N–H and O–H groups in total. The van der Waals surface area contributed by atoms with Gasteiger partial charge in [-0.1, -0.05) is 19.1 Å². The SMILES string of the molecule is CC1CCC2(CC1)OC[C@@H](C(=O)NC1CCN(C)CC1)N2C(=O)c1ccccc1F. The van der Waals surface area contributed by atoms with Crippen LogP contribution in [-0.4, -0.2) is 66.2 Å². The Labute approximate surface area is 177 Å². The van der Waals surface area contributed by atoms with Gasteiger partial charge >= 0.3 is 0 Å². The van der Waals surface area contributed by atoms with E-state index in [9.17, 15) is 14.0 Å². The molecule has 3 aliphatic rings. The number of nitrogens with one attached hydrogen (secondary N) is 1. The lowest BCUT2D eigenvalue weighted by Gasteiger charge is -2.43. The molecular weight excluding hydrogens is 385 g/mol. The molecular formula is C23H32FN3O3. The number of hydrogen-bond acceptors (Lipinski definition) is 4. The molecule has 0 bridgehead atoms. The lowest BCUT2D eigenvalue weighted by Crippen LogP contribution is -2.58. The van der Waals surface area contributed by atoms with E-state index >= 15 is 0 Å². The van der Waals surface area contributed by atoms with Crippen molar-refractivity contribution in [2.75, 3.05) is 26.7 Å². The first kappa shape index (κ1) is 21.2. The molecule has 6 nitrogen and oxygen atoms in total. The zero-order valence-electron chi connectivity index (χ0n) is 17.9. The zero-order chi connectivity index (χ0) is 21.3. The van der Waals surface area contributed by atoms with Crippen molar-refractivity contribution in [1.82, 2.24) is 15.1 Å². The molecule has 1 aromatic carbocycles. The summed E-state index contributed by atoms with van der Waals surface area (Å²) in [5.41, 5.74) is -0.821. The fourth-order valence-corrected chi connectivity index (χ4v) is 4.99. The van der Waals surface area contributed by atoms with Gasteiger partial charge in [-0.25, -0.2) is 4.39 Å². The Bertz CT molecular complexity index is 786. The second kappa shape index (κ2) is 8.63. The number of likely N-dealkylation sites (tertiary alicyclic amines) is 1. The number of carbonyl (C=O) groups excluding carboxylic acids is 2. The fraction of sp³-hybridized carbons (Fsp3) is 0.652. The highest BCUT2D eigenvalue weighted by molar-refractivity contribution is 5.98. The smallest absolute Gasteiger partial charge is 0.259 e. The number of nitrogens with zero attached hydrogens (tertiary/aromatic N) is 2. The Kier molecular flexibility index (Phi) is 6.11. The maximum Gasteiger partial charge on any atom is 0.259 e. The number of carbonyl (C=O) groups is 2. The van der Waals surface area contributed by atoms with Gasteiger partial charge in [0, 0.05) is 6.04 Å². The number of halogens is 1. The molecule has 2 aliphatic heterocycles. The van der Waals surface area contributed by atoms with E-state index in [-0.39, 0.29) is 24.1 Å². The average molecular weight is 418 g/mol. The summed E-state index contributed by atoms with van der Waals surface area (Å²) in [6.07, 6.45) is 4.97. The van der Waals surface area contributed by atoms with Crippen LogP contribution in [0.4, 0.5) is 4.39 Å². The Morgan fingerprint density at radius 1 is 1.13 bits per heavy atom. The molecule has 0 unspecified atom stereocenters. The molecule has 3 fully saturated rings. The van der Waals surface area contributed by atoms with Crippen molar-refractivity contribution in [3.63, 3.8) is 0 Å². The lowest BCUT2D eigenvalue weighted by molar-refractivity contribution is -0.128. The first-order chi connectivity index (χ1) is 14.4. The molecule has 1 aromatic rings. The van der Waals surface area contributed by atoms with Crippen molar-refractivity contribution in [3.8, 4) is 0 Å². The third kappa shape index (κ3) is 4.10. The van der Waals surface area contributed by atoms with Gasteiger partial charge < -0.3 is 15.0 Å². The number of benzene rings is 1. The Morgan fingerprint density at radius 3 is 2.47 bits per heavy atom. The topological polar surface area (TPSA) is 61.9 Å². The normalized spacial score (nSPS) is 30.6. The van der Waals surface area contributed by atoms with Crippen molar-refractivity contribution in [2.45, 2.75) is 63.3 Å². The van der Waals surface area contributed by atoms with Crippen LogP contribution in [-0.2, 0) is 9.53 Å². The minimum absolute atomic E-state index is 0.00177. The molecule has 2 saturated heterocycles. The molecule has 7 heteroatoms. The highest BCUT2D eigenvalue weighted by Gasteiger charge is 2.54. The standard InChI is InChI=1S/C23H32FN3O3/c1-16-7-11-23(12-8-16)27(22(29)18-5-3-4-6-19(18)24)20(15-30-23)21(28)25-17-9-13-26(2)14-10-17/h3-6,16-17,20H,7-15H2,1-2H3,(H,25,28)/t16?,20-,23?/m0/s1. The van der Waals surface area contributed by atoms with Gasteiger partial charge in [0.1, 0.15) is 17.6 Å². The lowest BCUT2D eigenvalue weighted by atomic mass is 9.83. The van der Waals surface area contributed by atoms with Crippen molar-refractivity contribution in [3.05, 3.63) is 35.6 Å². The molecule has 1 saturated carbocycles. The molecule has 4 rings (SSSR count). The molecule has 164 valence electrons. The van der Waals surface area contributed by atoms with Crippen molar-refractivity contribution < 1.29 is 18.7 Å². The van der Waals surface area contributed by atoms with Gasteiger partial charge in [0.2, 0.25) is 5.91 Å². The van der Waals surface area contributed by atoms with Crippen LogP contribution in [0.3, 0.4) is 0 Å². The van der Waals surface area contributed by atoms with Gasteiger partial charge in [0.15, 0.2) is 0 Å². The van der Waals surface area contributed by atoms with Gasteiger partial charge in [-0.3, -0.25) is 14.5 Å². The highest BCUT2D eigenvalue weighted by atomic mass is 19.1. The van der Waals surface area contributed by atoms with Gasteiger partial charge in [0.05, 0.1) is 12.2 Å². The van der Waals surface area contributed by atoms with E-state index in [1.807, 2.05) is 0 Å². The van der Waals surface area contributed by atoms with E-state index in [0.717, 1.165) is 38.8 Å². The van der Waals surface area contributed by atoms with Crippen molar-refractivity contribution >= 4 is 11.8 Å². The molecule has 1 atom stereocenters. The Morgan fingerprint density at radius 2 is 1.80 bits per heavy atom. The summed E-state index contributed by atoms with van der Waals surface area (Å²) in [6, 6.07) is 5.35. The first-order valence-corrected chi connectivity index (χ1v) is 11.1. The summed E-state index contributed by atoms with van der Waals surface area (Å²) in [5.74, 6) is -0.659. The first-order valence-electron chi connectivity index (χ1n) is 11.1. The van der Waals surface area contributed by atoms with E-state index in [4.69, 9.17) is 4.74 Å².